The summed E-state index contributed by atoms with van der Waals surface area (Å²) in [6.07, 6.45) is 2.96. The molecule has 0 radical (unpaired) electrons. The van der Waals surface area contributed by atoms with Crippen LogP contribution in [0.25, 0.3) is 0 Å². The Bertz CT molecular complexity index is 81.4. The van der Waals surface area contributed by atoms with Crippen molar-refractivity contribution in [1.82, 2.24) is 0 Å². The summed E-state index contributed by atoms with van der Waals surface area (Å²) >= 11 is 0. The molecule has 1 fully saturated rings. The summed E-state index contributed by atoms with van der Waals surface area (Å²) in [5, 5.41) is 0. The van der Waals surface area contributed by atoms with Crippen molar-refractivity contribution in [3.63, 3.8) is 0 Å². The Kier molecular flexibility index (Phi) is 3.44. The predicted molar refractivity (Wildman–Crippen MR) is 35.6 cm³/mol. The quantitative estimate of drug-likeness (QED) is 0.391. The number of rotatable bonds is 2. The molecule has 2 heteroatoms. The van der Waals surface area contributed by atoms with Crippen LogP contribution in [-0.4, -0.2) is 32.2 Å². The zero-order chi connectivity index (χ0) is 6.20. The number of halogens is 1. The van der Waals surface area contributed by atoms with Gasteiger partial charge < -0.3 is 28.5 Å². The highest BCUT2D eigenvalue weighted by Gasteiger charge is 2.27. The van der Waals surface area contributed by atoms with Gasteiger partial charge in [0.1, 0.15) is 0 Å². The Morgan fingerprint density at radius 2 is 1.67 bits per heavy atom. The smallest absolute Gasteiger partial charge is 0.0809 e. The fourth-order valence-electron chi connectivity index (χ4n) is 1.08. The second-order valence-electron chi connectivity index (χ2n) is 3.92. The van der Waals surface area contributed by atoms with Crippen molar-refractivity contribution in [2.45, 2.75) is 12.8 Å². The second-order valence-corrected chi connectivity index (χ2v) is 3.92. The molecule has 0 aromatic carbocycles. The minimum absolute atomic E-state index is 0. The van der Waals surface area contributed by atoms with E-state index < -0.39 is 0 Å². The molecule has 0 saturated heterocycles. The van der Waals surface area contributed by atoms with E-state index in [0.717, 1.165) is 10.4 Å². The second kappa shape index (κ2) is 3.19. The first-order valence-electron chi connectivity index (χ1n) is 3.38. The van der Waals surface area contributed by atoms with E-state index in [1.165, 1.54) is 19.4 Å². The fourth-order valence-corrected chi connectivity index (χ4v) is 1.08. The Hall–Kier alpha value is 0.690. The maximum Gasteiger partial charge on any atom is 0.0809 e. The van der Waals surface area contributed by atoms with Gasteiger partial charge in [-0.05, 0) is 12.8 Å². The van der Waals surface area contributed by atoms with Crippen LogP contribution >= 0.6 is 0 Å². The summed E-state index contributed by atoms with van der Waals surface area (Å²) in [6.45, 7) is 1.38. The Labute approximate surface area is 75.0 Å². The van der Waals surface area contributed by atoms with E-state index in [2.05, 4.69) is 21.1 Å². The first-order valence-corrected chi connectivity index (χ1v) is 3.38. The van der Waals surface area contributed by atoms with Gasteiger partial charge in [-0.2, -0.15) is 0 Å². The summed E-state index contributed by atoms with van der Waals surface area (Å²) in [4.78, 5) is 0. The molecule has 1 aliphatic rings. The summed E-state index contributed by atoms with van der Waals surface area (Å²) < 4.78 is 1.14. The minimum Gasteiger partial charge on any atom is -1.00 e. The number of hydrogen-bond acceptors (Lipinski definition) is 0. The van der Waals surface area contributed by atoms with Crippen molar-refractivity contribution in [1.29, 1.82) is 0 Å². The van der Waals surface area contributed by atoms with Gasteiger partial charge in [-0.3, -0.25) is 0 Å². The number of nitrogens with zero attached hydrogens (tertiary/aromatic N) is 1. The van der Waals surface area contributed by atoms with E-state index in [0.29, 0.717) is 0 Å². The van der Waals surface area contributed by atoms with Crippen LogP contribution in [0.5, 0.6) is 0 Å². The normalized spacial score (nSPS) is 19.0. The van der Waals surface area contributed by atoms with Crippen LogP contribution in [0.4, 0.5) is 0 Å². The largest absolute Gasteiger partial charge is 1.00 e. The lowest BCUT2D eigenvalue weighted by molar-refractivity contribution is -0.872. The van der Waals surface area contributed by atoms with Crippen molar-refractivity contribution in [3.05, 3.63) is 0 Å². The third-order valence-corrected chi connectivity index (χ3v) is 1.50. The van der Waals surface area contributed by atoms with E-state index >= 15 is 0 Å². The van der Waals surface area contributed by atoms with E-state index in [4.69, 9.17) is 0 Å². The Balaban J connectivity index is 0.000000640. The minimum atomic E-state index is 0. The molecule has 0 aliphatic heterocycles. The Morgan fingerprint density at radius 3 is 1.78 bits per heavy atom. The average molecular weight is 241 g/mol. The van der Waals surface area contributed by atoms with E-state index in [1.54, 1.807) is 0 Å². The van der Waals surface area contributed by atoms with Gasteiger partial charge in [0.15, 0.2) is 0 Å². The van der Waals surface area contributed by atoms with Gasteiger partial charge in [-0.15, -0.1) is 0 Å². The summed E-state index contributed by atoms with van der Waals surface area (Å²) in [5.41, 5.74) is 0. The van der Waals surface area contributed by atoms with Gasteiger partial charge in [0.25, 0.3) is 0 Å². The lowest BCUT2D eigenvalue weighted by atomic mass is 10.4. The monoisotopic (exact) mass is 241 g/mol. The van der Waals surface area contributed by atoms with Crippen LogP contribution in [-0.2, 0) is 0 Å². The molecule has 9 heavy (non-hydrogen) atoms. The number of hydrogen-bond donors (Lipinski definition) is 0. The molecule has 1 aliphatic carbocycles. The first-order chi connectivity index (χ1) is 3.58. The molecule has 0 bridgehead atoms. The van der Waals surface area contributed by atoms with E-state index in [1.807, 2.05) is 0 Å². The third kappa shape index (κ3) is 5.15. The highest BCUT2D eigenvalue weighted by molar-refractivity contribution is 4.71. The van der Waals surface area contributed by atoms with Crippen molar-refractivity contribution in [2.24, 2.45) is 5.92 Å². The first kappa shape index (κ1) is 9.69. The molecule has 0 aromatic rings. The molecule has 56 valence electrons. The van der Waals surface area contributed by atoms with E-state index in [9.17, 15) is 0 Å². The van der Waals surface area contributed by atoms with Gasteiger partial charge in [0.05, 0.1) is 27.7 Å². The van der Waals surface area contributed by atoms with Crippen molar-refractivity contribution < 1.29 is 28.5 Å². The maximum atomic E-state index is 2.26. The van der Waals surface area contributed by atoms with Crippen LogP contribution in [0, 0.1) is 5.92 Å². The molecule has 1 rings (SSSR count). The molecule has 1 saturated carbocycles. The summed E-state index contributed by atoms with van der Waals surface area (Å²) in [5.74, 6) is 1.06. The highest BCUT2D eigenvalue weighted by Crippen LogP contribution is 2.30. The molecule has 0 spiro atoms. The molecule has 1 nitrogen and oxygen atoms in total. The SMILES string of the molecule is C[N+](C)(C)CC1CC1.[I-]. The van der Waals surface area contributed by atoms with Crippen LogP contribution < -0.4 is 24.0 Å². The van der Waals surface area contributed by atoms with Gasteiger partial charge >= 0.3 is 0 Å². The van der Waals surface area contributed by atoms with Crippen molar-refractivity contribution in [2.75, 3.05) is 27.7 Å². The lowest BCUT2D eigenvalue weighted by Crippen LogP contribution is -3.00. The molecular weight excluding hydrogens is 225 g/mol. The lowest BCUT2D eigenvalue weighted by Gasteiger charge is -2.23. The standard InChI is InChI=1S/C7H16N.HI/c1-8(2,3)6-7-4-5-7;/h7H,4-6H2,1-3H3;1H/q+1;/p-1. The van der Waals surface area contributed by atoms with Gasteiger partial charge in [-0.1, -0.05) is 0 Å². The zero-order valence-electron chi connectivity index (χ0n) is 6.52. The molecule has 0 unspecified atom stereocenters. The fraction of sp³-hybridized carbons (Fsp3) is 1.00. The Morgan fingerprint density at radius 1 is 1.22 bits per heavy atom. The zero-order valence-corrected chi connectivity index (χ0v) is 8.68. The van der Waals surface area contributed by atoms with E-state index in [-0.39, 0.29) is 24.0 Å². The summed E-state index contributed by atoms with van der Waals surface area (Å²) in [7, 11) is 6.79. The molecule has 0 heterocycles. The summed E-state index contributed by atoms with van der Waals surface area (Å²) in [6, 6.07) is 0. The predicted octanol–water partition coefficient (Wildman–Crippen LogP) is -1.89. The van der Waals surface area contributed by atoms with Gasteiger partial charge in [0, 0.05) is 5.92 Å². The molecule has 0 atom stereocenters. The highest BCUT2D eigenvalue weighted by atomic mass is 127. The van der Waals surface area contributed by atoms with Crippen LogP contribution in [0.3, 0.4) is 0 Å². The third-order valence-electron chi connectivity index (χ3n) is 1.50. The topological polar surface area (TPSA) is 0 Å². The van der Waals surface area contributed by atoms with Gasteiger partial charge in [0.2, 0.25) is 0 Å². The molecule has 0 amide bonds. The van der Waals surface area contributed by atoms with Crippen LogP contribution in [0.15, 0.2) is 0 Å². The van der Waals surface area contributed by atoms with Crippen molar-refractivity contribution in [3.8, 4) is 0 Å². The molecule has 0 N–H and O–H groups in total. The van der Waals surface area contributed by atoms with Gasteiger partial charge in [-0.25, -0.2) is 0 Å². The number of quaternary nitrogens is 1. The molecule has 0 aromatic heterocycles. The maximum absolute atomic E-state index is 2.26. The van der Waals surface area contributed by atoms with Crippen LogP contribution in [0.1, 0.15) is 12.8 Å². The average Bonchev–Trinajstić information content (AvgIpc) is 2.12. The van der Waals surface area contributed by atoms with Crippen LogP contribution in [0.2, 0.25) is 0 Å². The van der Waals surface area contributed by atoms with Crippen molar-refractivity contribution >= 4 is 0 Å². The molecular formula is C7H16IN.